The Bertz CT molecular complexity index is 1070. The van der Waals surface area contributed by atoms with Crippen LogP contribution in [-0.2, 0) is 9.63 Å². The molecular formula is C23H20ClN3O4. The zero-order valence-electron chi connectivity index (χ0n) is 16.7. The molecule has 0 bridgehead atoms. The molecule has 8 heteroatoms. The number of oxime groups is 1. The van der Waals surface area contributed by atoms with Crippen molar-refractivity contribution in [1.29, 1.82) is 0 Å². The number of amides is 2. The molecule has 0 heterocycles. The van der Waals surface area contributed by atoms with E-state index in [1.807, 2.05) is 6.07 Å². The highest BCUT2D eigenvalue weighted by atomic mass is 35.5. The smallest absolute Gasteiger partial charge is 0.265 e. The number of carbonyl (C=O) groups excluding carboxylic acids is 2. The first-order chi connectivity index (χ1) is 15.0. The van der Waals surface area contributed by atoms with Gasteiger partial charge in [0.2, 0.25) is 0 Å². The van der Waals surface area contributed by atoms with Crippen molar-refractivity contribution in [3.8, 4) is 5.75 Å². The van der Waals surface area contributed by atoms with Crippen molar-refractivity contribution < 1.29 is 19.2 Å². The molecular weight excluding hydrogens is 418 g/mol. The number of hydrogen-bond acceptors (Lipinski definition) is 5. The van der Waals surface area contributed by atoms with Crippen LogP contribution < -0.4 is 15.4 Å². The lowest BCUT2D eigenvalue weighted by Crippen LogP contribution is -2.17. The maximum atomic E-state index is 12.4. The van der Waals surface area contributed by atoms with Crippen molar-refractivity contribution in [1.82, 2.24) is 0 Å². The first-order valence-electron chi connectivity index (χ1n) is 9.30. The number of methoxy groups -OCH3 is 1. The molecule has 0 aliphatic carbocycles. The number of benzene rings is 3. The summed E-state index contributed by atoms with van der Waals surface area (Å²) in [6.45, 7) is -0.250. The Morgan fingerprint density at radius 3 is 2.39 bits per heavy atom. The van der Waals surface area contributed by atoms with Crippen LogP contribution >= 0.6 is 11.6 Å². The van der Waals surface area contributed by atoms with E-state index in [1.165, 1.54) is 13.3 Å². The molecule has 0 unspecified atom stereocenters. The fourth-order valence-corrected chi connectivity index (χ4v) is 2.71. The van der Waals surface area contributed by atoms with E-state index in [1.54, 1.807) is 66.7 Å². The lowest BCUT2D eigenvalue weighted by molar-refractivity contribution is -0.120. The fraction of sp³-hybridized carbons (Fsp3) is 0.0870. The summed E-state index contributed by atoms with van der Waals surface area (Å²) in [5.41, 5.74) is 2.34. The van der Waals surface area contributed by atoms with Crippen LogP contribution in [0.15, 0.2) is 78.0 Å². The molecule has 0 spiro atoms. The van der Waals surface area contributed by atoms with Crippen LogP contribution in [0.25, 0.3) is 0 Å². The average Bonchev–Trinajstić information content (AvgIpc) is 2.79. The molecule has 0 aliphatic rings. The minimum Gasteiger partial charge on any atom is -0.495 e. The van der Waals surface area contributed by atoms with E-state index in [0.29, 0.717) is 27.7 Å². The highest BCUT2D eigenvalue weighted by Gasteiger charge is 2.10. The van der Waals surface area contributed by atoms with E-state index >= 15 is 0 Å². The zero-order valence-corrected chi connectivity index (χ0v) is 17.4. The van der Waals surface area contributed by atoms with Crippen LogP contribution in [0.3, 0.4) is 0 Å². The van der Waals surface area contributed by atoms with Gasteiger partial charge in [-0.05, 0) is 54.1 Å². The number of halogens is 1. The van der Waals surface area contributed by atoms with Crippen molar-refractivity contribution in [2.75, 3.05) is 24.4 Å². The quantitative estimate of drug-likeness (QED) is 0.398. The number of carbonyl (C=O) groups is 2. The van der Waals surface area contributed by atoms with Gasteiger partial charge in [-0.15, -0.1) is 0 Å². The second kappa shape index (κ2) is 10.8. The summed E-state index contributed by atoms with van der Waals surface area (Å²) >= 11 is 5.81. The third-order valence-electron chi connectivity index (χ3n) is 4.13. The lowest BCUT2D eigenvalue weighted by atomic mass is 10.2. The topological polar surface area (TPSA) is 89.0 Å². The largest absolute Gasteiger partial charge is 0.495 e. The van der Waals surface area contributed by atoms with Gasteiger partial charge in [-0.3, -0.25) is 9.59 Å². The molecule has 0 radical (unpaired) electrons. The molecule has 2 N–H and O–H groups in total. The van der Waals surface area contributed by atoms with Crippen molar-refractivity contribution in [2.24, 2.45) is 5.16 Å². The molecule has 3 rings (SSSR count). The minimum atomic E-state index is -0.375. The third-order valence-corrected chi connectivity index (χ3v) is 4.38. The summed E-state index contributed by atoms with van der Waals surface area (Å²) in [7, 11) is 1.54. The van der Waals surface area contributed by atoms with Crippen LogP contribution in [0.5, 0.6) is 5.75 Å². The number of para-hydroxylation sites is 2. The molecule has 0 saturated carbocycles. The maximum Gasteiger partial charge on any atom is 0.265 e. The number of ether oxygens (including phenoxy) is 1. The monoisotopic (exact) mass is 437 g/mol. The van der Waals surface area contributed by atoms with Gasteiger partial charge < -0.3 is 20.2 Å². The van der Waals surface area contributed by atoms with Crippen LogP contribution in [0.4, 0.5) is 11.4 Å². The van der Waals surface area contributed by atoms with E-state index in [0.717, 1.165) is 5.56 Å². The SMILES string of the molecule is COc1ccccc1NC(=O)c1ccc(NC(=O)CO/N=C/c2ccc(Cl)cc2)cc1. The molecule has 0 aromatic heterocycles. The maximum absolute atomic E-state index is 12.4. The van der Waals surface area contributed by atoms with Gasteiger partial charge in [-0.2, -0.15) is 0 Å². The molecule has 31 heavy (non-hydrogen) atoms. The normalized spacial score (nSPS) is 10.5. The predicted molar refractivity (Wildman–Crippen MR) is 121 cm³/mol. The van der Waals surface area contributed by atoms with Gasteiger partial charge in [0, 0.05) is 16.3 Å². The minimum absolute atomic E-state index is 0.250. The highest BCUT2D eigenvalue weighted by molar-refractivity contribution is 6.30. The molecule has 2 amide bonds. The summed E-state index contributed by atoms with van der Waals surface area (Å²) in [4.78, 5) is 29.4. The number of hydrogen-bond donors (Lipinski definition) is 2. The molecule has 0 fully saturated rings. The first kappa shape index (κ1) is 21.9. The van der Waals surface area contributed by atoms with Crippen LogP contribution in [0.2, 0.25) is 5.02 Å². The Morgan fingerprint density at radius 1 is 0.968 bits per heavy atom. The highest BCUT2D eigenvalue weighted by Crippen LogP contribution is 2.23. The van der Waals surface area contributed by atoms with Gasteiger partial charge in [-0.25, -0.2) is 0 Å². The molecule has 158 valence electrons. The van der Waals surface area contributed by atoms with Crippen molar-refractivity contribution >= 4 is 41.0 Å². The van der Waals surface area contributed by atoms with Crippen LogP contribution in [0.1, 0.15) is 15.9 Å². The van der Waals surface area contributed by atoms with Gasteiger partial charge in [0.25, 0.3) is 11.8 Å². The number of rotatable bonds is 8. The molecule has 0 saturated heterocycles. The molecule has 0 aliphatic heterocycles. The van der Waals surface area contributed by atoms with E-state index in [4.69, 9.17) is 21.2 Å². The average molecular weight is 438 g/mol. The van der Waals surface area contributed by atoms with Gasteiger partial charge in [-0.1, -0.05) is 41.0 Å². The molecule has 0 atom stereocenters. The molecule has 3 aromatic rings. The van der Waals surface area contributed by atoms with E-state index in [-0.39, 0.29) is 18.4 Å². The Morgan fingerprint density at radius 2 is 1.68 bits per heavy atom. The van der Waals surface area contributed by atoms with Gasteiger partial charge >= 0.3 is 0 Å². The van der Waals surface area contributed by atoms with E-state index < -0.39 is 0 Å². The Balaban J connectivity index is 1.48. The van der Waals surface area contributed by atoms with Gasteiger partial charge in [0.15, 0.2) is 6.61 Å². The van der Waals surface area contributed by atoms with Crippen LogP contribution in [0, 0.1) is 0 Å². The fourth-order valence-electron chi connectivity index (χ4n) is 2.59. The first-order valence-corrected chi connectivity index (χ1v) is 9.68. The standard InChI is InChI=1S/C23H20ClN3O4/c1-30-21-5-3-2-4-20(21)27-23(29)17-8-12-19(13-9-17)26-22(28)15-31-25-14-16-6-10-18(24)11-7-16/h2-14H,15H2,1H3,(H,26,28)(H,27,29)/b25-14+. The Hall–Kier alpha value is -3.84. The Kier molecular flexibility index (Phi) is 7.61. The second-order valence-corrected chi connectivity index (χ2v) is 6.78. The van der Waals surface area contributed by atoms with E-state index in [2.05, 4.69) is 15.8 Å². The number of nitrogens with one attached hydrogen (secondary N) is 2. The molecule has 3 aromatic carbocycles. The summed E-state index contributed by atoms with van der Waals surface area (Å²) < 4.78 is 5.23. The predicted octanol–water partition coefficient (Wildman–Crippen LogP) is 4.59. The summed E-state index contributed by atoms with van der Waals surface area (Å²) in [5, 5.41) is 9.85. The summed E-state index contributed by atoms with van der Waals surface area (Å²) in [6.07, 6.45) is 1.48. The third kappa shape index (κ3) is 6.58. The number of nitrogens with zero attached hydrogens (tertiary/aromatic N) is 1. The van der Waals surface area contributed by atoms with Gasteiger partial charge in [0.1, 0.15) is 5.75 Å². The summed E-state index contributed by atoms with van der Waals surface area (Å²) in [6, 6.07) is 20.6. The van der Waals surface area contributed by atoms with Gasteiger partial charge in [0.05, 0.1) is 19.0 Å². The van der Waals surface area contributed by atoms with Crippen LogP contribution in [-0.4, -0.2) is 31.7 Å². The lowest BCUT2D eigenvalue weighted by Gasteiger charge is -2.10. The number of anilines is 2. The van der Waals surface area contributed by atoms with Crippen molar-refractivity contribution in [3.63, 3.8) is 0 Å². The zero-order chi connectivity index (χ0) is 22.1. The van der Waals surface area contributed by atoms with Crippen molar-refractivity contribution in [3.05, 3.63) is 88.9 Å². The van der Waals surface area contributed by atoms with E-state index in [9.17, 15) is 9.59 Å². The Labute approximate surface area is 184 Å². The second-order valence-electron chi connectivity index (χ2n) is 6.34. The summed E-state index contributed by atoms with van der Waals surface area (Å²) in [5.74, 6) is -0.0971. The molecule has 7 nitrogen and oxygen atoms in total. The van der Waals surface area contributed by atoms with Crippen molar-refractivity contribution in [2.45, 2.75) is 0 Å².